The molecule has 0 aromatic carbocycles. The maximum absolute atomic E-state index is 3.58. The maximum Gasteiger partial charge on any atom is 0.00718 e. The van der Waals surface area contributed by atoms with Crippen molar-refractivity contribution in [1.82, 2.24) is 4.90 Å². The molecule has 12 heavy (non-hydrogen) atoms. The number of rotatable bonds is 7. The average molecular weight is 236 g/mol. The Morgan fingerprint density at radius 2 is 1.75 bits per heavy atom. The van der Waals surface area contributed by atoms with Crippen LogP contribution in [0.5, 0.6) is 0 Å². The highest BCUT2D eigenvalue weighted by Gasteiger charge is 2.09. The summed E-state index contributed by atoms with van der Waals surface area (Å²) in [6.07, 6.45) is 2.65. The fraction of sp³-hybridized carbons (Fsp3) is 1.00. The van der Waals surface area contributed by atoms with Crippen molar-refractivity contribution >= 4 is 15.9 Å². The van der Waals surface area contributed by atoms with Crippen LogP contribution in [0.25, 0.3) is 0 Å². The van der Waals surface area contributed by atoms with Crippen LogP contribution in [-0.4, -0.2) is 29.9 Å². The summed E-state index contributed by atoms with van der Waals surface area (Å²) < 4.78 is 0. The van der Waals surface area contributed by atoms with Gasteiger partial charge in [0.15, 0.2) is 0 Å². The molecule has 0 N–H and O–H groups in total. The molecule has 1 unspecified atom stereocenters. The Balaban J connectivity index is 3.65. The van der Waals surface area contributed by atoms with E-state index in [2.05, 4.69) is 41.6 Å². The summed E-state index contributed by atoms with van der Waals surface area (Å²) >= 11 is 3.58. The second kappa shape index (κ2) is 8.06. The molecule has 74 valence electrons. The molecular formula is C10H22BrN. The number of hydrogen-bond donors (Lipinski definition) is 0. The highest BCUT2D eigenvalue weighted by atomic mass is 79.9. The Bertz CT molecular complexity index is 91.8. The van der Waals surface area contributed by atoms with Gasteiger partial charge in [0.05, 0.1) is 0 Å². The molecule has 1 atom stereocenters. The summed E-state index contributed by atoms with van der Waals surface area (Å²) in [5, 5.41) is 1.15. The smallest absolute Gasteiger partial charge is 0.00718 e. The van der Waals surface area contributed by atoms with Crippen molar-refractivity contribution in [2.75, 3.05) is 25.0 Å². The molecule has 0 rings (SSSR count). The van der Waals surface area contributed by atoms with Gasteiger partial charge in [0.25, 0.3) is 0 Å². The van der Waals surface area contributed by atoms with Crippen LogP contribution in [0.15, 0.2) is 0 Å². The van der Waals surface area contributed by atoms with Crippen molar-refractivity contribution in [3.63, 3.8) is 0 Å². The Kier molecular flexibility index (Phi) is 8.35. The molecule has 0 saturated carbocycles. The van der Waals surface area contributed by atoms with E-state index in [0.29, 0.717) is 0 Å². The van der Waals surface area contributed by atoms with Gasteiger partial charge in [-0.1, -0.05) is 43.1 Å². The second-order valence-electron chi connectivity index (χ2n) is 3.29. The van der Waals surface area contributed by atoms with Gasteiger partial charge in [-0.05, 0) is 25.4 Å². The van der Waals surface area contributed by atoms with E-state index in [1.54, 1.807) is 0 Å². The molecule has 0 aliphatic carbocycles. The fourth-order valence-electron chi connectivity index (χ4n) is 1.47. The molecule has 0 radical (unpaired) electrons. The molecule has 1 nitrogen and oxygen atoms in total. The van der Waals surface area contributed by atoms with Gasteiger partial charge in [0.2, 0.25) is 0 Å². The van der Waals surface area contributed by atoms with Gasteiger partial charge in [0, 0.05) is 11.9 Å². The molecule has 0 aliphatic heterocycles. The van der Waals surface area contributed by atoms with E-state index in [4.69, 9.17) is 0 Å². The van der Waals surface area contributed by atoms with Crippen LogP contribution in [-0.2, 0) is 0 Å². The number of halogens is 1. The largest absolute Gasteiger partial charge is 0.304 e. The van der Waals surface area contributed by atoms with Crippen LogP contribution < -0.4 is 0 Å². The third-order valence-corrected chi connectivity index (χ3v) is 3.24. The second-order valence-corrected chi connectivity index (χ2v) is 3.94. The first-order valence-corrected chi connectivity index (χ1v) is 6.18. The van der Waals surface area contributed by atoms with Crippen molar-refractivity contribution in [1.29, 1.82) is 0 Å². The van der Waals surface area contributed by atoms with Crippen molar-refractivity contribution < 1.29 is 0 Å². The molecule has 0 aromatic rings. The van der Waals surface area contributed by atoms with Gasteiger partial charge >= 0.3 is 0 Å². The minimum atomic E-state index is 0.842. The van der Waals surface area contributed by atoms with Gasteiger partial charge in [-0.25, -0.2) is 0 Å². The number of hydrogen-bond acceptors (Lipinski definition) is 1. The summed E-state index contributed by atoms with van der Waals surface area (Å²) in [5.41, 5.74) is 0. The summed E-state index contributed by atoms with van der Waals surface area (Å²) in [4.78, 5) is 2.50. The lowest BCUT2D eigenvalue weighted by Gasteiger charge is -2.23. The van der Waals surface area contributed by atoms with E-state index in [9.17, 15) is 0 Å². The van der Waals surface area contributed by atoms with E-state index in [1.807, 2.05) is 0 Å². The highest BCUT2D eigenvalue weighted by Crippen LogP contribution is 2.11. The predicted octanol–water partition coefficient (Wildman–Crippen LogP) is 3.14. The fourth-order valence-corrected chi connectivity index (χ4v) is 2.00. The Labute approximate surface area is 85.7 Å². The lowest BCUT2D eigenvalue weighted by atomic mass is 10.1. The predicted molar refractivity (Wildman–Crippen MR) is 60.0 cm³/mol. The van der Waals surface area contributed by atoms with Crippen molar-refractivity contribution in [2.45, 2.75) is 33.6 Å². The molecule has 0 aromatic heterocycles. The summed E-state index contributed by atoms with van der Waals surface area (Å²) in [5.74, 6) is 0.842. The molecule has 0 amide bonds. The van der Waals surface area contributed by atoms with Crippen molar-refractivity contribution in [3.05, 3.63) is 0 Å². The standard InChI is InChI=1S/C10H22BrN/c1-4-7-10(8-11)9-12(5-2)6-3/h10H,4-9H2,1-3H3. The molecule has 0 aliphatic rings. The van der Waals surface area contributed by atoms with E-state index in [-0.39, 0.29) is 0 Å². The normalized spacial score (nSPS) is 13.8. The molecule has 2 heteroatoms. The van der Waals surface area contributed by atoms with Crippen LogP contribution in [0, 0.1) is 5.92 Å². The first-order valence-electron chi connectivity index (χ1n) is 5.06. The molecule has 0 fully saturated rings. The Hall–Kier alpha value is 0.440. The number of nitrogens with zero attached hydrogens (tertiary/aromatic N) is 1. The zero-order valence-electron chi connectivity index (χ0n) is 8.65. The van der Waals surface area contributed by atoms with Crippen LogP contribution in [0.2, 0.25) is 0 Å². The molecule has 0 heterocycles. The third-order valence-electron chi connectivity index (χ3n) is 2.33. The summed E-state index contributed by atoms with van der Waals surface area (Å²) in [6.45, 7) is 10.4. The van der Waals surface area contributed by atoms with E-state index in [0.717, 1.165) is 11.2 Å². The van der Waals surface area contributed by atoms with Crippen LogP contribution in [0.3, 0.4) is 0 Å². The first-order chi connectivity index (χ1) is 5.78. The van der Waals surface area contributed by atoms with Gasteiger partial charge in [-0.2, -0.15) is 0 Å². The lowest BCUT2D eigenvalue weighted by molar-refractivity contribution is 0.256. The molecule has 0 bridgehead atoms. The minimum Gasteiger partial charge on any atom is -0.304 e. The van der Waals surface area contributed by atoms with Crippen LogP contribution in [0.1, 0.15) is 33.6 Å². The van der Waals surface area contributed by atoms with Crippen LogP contribution in [0.4, 0.5) is 0 Å². The average Bonchev–Trinajstić information content (AvgIpc) is 2.12. The van der Waals surface area contributed by atoms with Crippen LogP contribution >= 0.6 is 15.9 Å². The van der Waals surface area contributed by atoms with E-state index in [1.165, 1.54) is 32.5 Å². The Morgan fingerprint density at radius 1 is 1.17 bits per heavy atom. The molecule has 0 saturated heterocycles. The van der Waals surface area contributed by atoms with Gasteiger partial charge < -0.3 is 4.90 Å². The zero-order chi connectivity index (χ0) is 9.40. The van der Waals surface area contributed by atoms with Gasteiger partial charge in [-0.3, -0.25) is 0 Å². The lowest BCUT2D eigenvalue weighted by Crippen LogP contribution is -2.29. The third kappa shape index (κ3) is 5.15. The molecule has 0 spiro atoms. The zero-order valence-corrected chi connectivity index (χ0v) is 10.2. The topological polar surface area (TPSA) is 3.24 Å². The van der Waals surface area contributed by atoms with Crippen molar-refractivity contribution in [3.8, 4) is 0 Å². The highest BCUT2D eigenvalue weighted by molar-refractivity contribution is 9.09. The van der Waals surface area contributed by atoms with Gasteiger partial charge in [0.1, 0.15) is 0 Å². The first kappa shape index (κ1) is 12.4. The van der Waals surface area contributed by atoms with Crippen molar-refractivity contribution in [2.24, 2.45) is 5.92 Å². The van der Waals surface area contributed by atoms with E-state index < -0.39 is 0 Å². The molecular weight excluding hydrogens is 214 g/mol. The summed E-state index contributed by atoms with van der Waals surface area (Å²) in [6, 6.07) is 0. The Morgan fingerprint density at radius 3 is 2.08 bits per heavy atom. The quantitative estimate of drug-likeness (QED) is 0.614. The minimum absolute atomic E-state index is 0.842. The number of alkyl halides is 1. The monoisotopic (exact) mass is 235 g/mol. The summed E-state index contributed by atoms with van der Waals surface area (Å²) in [7, 11) is 0. The maximum atomic E-state index is 3.58. The van der Waals surface area contributed by atoms with E-state index >= 15 is 0 Å². The SMILES string of the molecule is CCCC(CBr)CN(CC)CC. The van der Waals surface area contributed by atoms with Gasteiger partial charge in [-0.15, -0.1) is 0 Å².